The molecule has 0 atom stereocenters. The minimum atomic E-state index is -3.68. The van der Waals surface area contributed by atoms with E-state index < -0.39 is 10.4 Å². The molecule has 11 heteroatoms. The van der Waals surface area contributed by atoms with Gasteiger partial charge in [-0.3, -0.25) is 14.5 Å². The average Bonchev–Trinajstić information content (AvgIpc) is 3.29. The number of amides is 2. The second-order valence-electron chi connectivity index (χ2n) is 18.9. The van der Waals surface area contributed by atoms with Crippen molar-refractivity contribution in [2.24, 2.45) is 0 Å². The first-order valence-corrected chi connectivity index (χ1v) is 29.8. The number of unbranched alkanes of at least 4 members (excludes halogenated alkanes) is 36. The number of nitrogens with one attached hydrogen (secondary N) is 2. The van der Waals surface area contributed by atoms with E-state index in [4.69, 9.17) is 5.26 Å². The van der Waals surface area contributed by atoms with Crippen molar-refractivity contribution in [3.63, 3.8) is 0 Å². The van der Waals surface area contributed by atoms with Crippen molar-refractivity contribution in [3.05, 3.63) is 0 Å². The Morgan fingerprint density at radius 1 is 0.409 bits per heavy atom. The van der Waals surface area contributed by atoms with E-state index in [1.54, 1.807) is 13.8 Å². The van der Waals surface area contributed by atoms with Crippen LogP contribution >= 0.6 is 0 Å². The van der Waals surface area contributed by atoms with Crippen molar-refractivity contribution in [3.8, 4) is 6.07 Å². The summed E-state index contributed by atoms with van der Waals surface area (Å²) >= 11 is 0. The normalized spacial score (nSPS) is 11.4. The lowest BCUT2D eigenvalue weighted by atomic mass is 10.0. The molecule has 0 aromatic carbocycles. The summed E-state index contributed by atoms with van der Waals surface area (Å²) in [6.45, 7) is 11.2. The van der Waals surface area contributed by atoms with Gasteiger partial charge in [0.15, 0.2) is 0 Å². The zero-order valence-corrected chi connectivity index (χ0v) is 45.0. The number of nitrogens with zero attached hydrogens (tertiary/aromatic N) is 2. The summed E-state index contributed by atoms with van der Waals surface area (Å²) in [6, 6.07) is 2.23. The van der Waals surface area contributed by atoms with Crippen molar-refractivity contribution < 1.29 is 26.4 Å². The fourth-order valence-corrected chi connectivity index (χ4v) is 9.12. The average molecular weight is 956 g/mol. The number of carbonyl (C=O) groups excluding carboxylic acids is 2. The first kappa shape index (κ1) is 66.3. The summed E-state index contributed by atoms with van der Waals surface area (Å²) in [5.41, 5.74) is 0. The lowest BCUT2D eigenvalue weighted by Gasteiger charge is -2.21. The van der Waals surface area contributed by atoms with Crippen LogP contribution < -0.4 is 10.6 Å². The van der Waals surface area contributed by atoms with Crippen molar-refractivity contribution in [2.45, 2.75) is 291 Å². The Balaban J connectivity index is 0. The highest BCUT2D eigenvalue weighted by Crippen LogP contribution is 2.17. The lowest BCUT2D eigenvalue weighted by Crippen LogP contribution is -2.40. The molecule has 0 aliphatic carbocycles. The molecule has 0 rings (SSSR count). The maximum Gasteiger partial charge on any atom is 0.399 e. The molecule has 0 spiro atoms. The number of hydrogen-bond donors (Lipinski definition) is 2. The second-order valence-corrected chi connectivity index (χ2v) is 20.2. The molecular formula is C55H110N4O6S. The molecule has 0 heterocycles. The molecular weight excluding hydrogens is 845 g/mol. The Hall–Kier alpha value is -1.74. The molecule has 0 radical (unpaired) electrons. The third-order valence-electron chi connectivity index (χ3n) is 12.6. The van der Waals surface area contributed by atoms with Crippen LogP contribution in [0.2, 0.25) is 0 Å². The van der Waals surface area contributed by atoms with Crippen LogP contribution in [0, 0.1) is 11.3 Å². The van der Waals surface area contributed by atoms with Gasteiger partial charge in [0.05, 0.1) is 19.3 Å². The van der Waals surface area contributed by atoms with Gasteiger partial charge in [-0.2, -0.15) is 13.7 Å². The van der Waals surface area contributed by atoms with Crippen molar-refractivity contribution in [1.82, 2.24) is 15.5 Å². The molecule has 0 fully saturated rings. The Morgan fingerprint density at radius 2 is 0.652 bits per heavy atom. The fourth-order valence-electron chi connectivity index (χ4n) is 8.48. The van der Waals surface area contributed by atoms with Crippen molar-refractivity contribution >= 4 is 22.2 Å². The van der Waals surface area contributed by atoms with Crippen LogP contribution in [-0.4, -0.2) is 71.1 Å². The summed E-state index contributed by atoms with van der Waals surface area (Å²) in [4.78, 5) is 27.0. The molecule has 0 unspecified atom stereocenters. The maximum atomic E-state index is 12.4. The van der Waals surface area contributed by atoms with Crippen LogP contribution in [0.4, 0.5) is 0 Å². The highest BCUT2D eigenvalue weighted by molar-refractivity contribution is 7.81. The predicted molar refractivity (Wildman–Crippen MR) is 281 cm³/mol. The van der Waals surface area contributed by atoms with Gasteiger partial charge in [-0.05, 0) is 26.7 Å². The smallest absolute Gasteiger partial charge is 0.355 e. The van der Waals surface area contributed by atoms with Crippen LogP contribution in [0.5, 0.6) is 0 Å². The zero-order valence-electron chi connectivity index (χ0n) is 44.2. The molecule has 0 aromatic rings. The van der Waals surface area contributed by atoms with Crippen LogP contribution in [0.1, 0.15) is 291 Å². The van der Waals surface area contributed by atoms with Gasteiger partial charge in [0, 0.05) is 52.0 Å². The third-order valence-corrected chi connectivity index (χ3v) is 13.6. The molecule has 0 aromatic heterocycles. The molecule has 2 amide bonds. The summed E-state index contributed by atoms with van der Waals surface area (Å²) < 4.78 is 29.2. The largest absolute Gasteiger partial charge is 0.399 e. The third kappa shape index (κ3) is 56.6. The number of nitriles is 1. The highest BCUT2D eigenvalue weighted by Gasteiger charge is 2.09. The second kappa shape index (κ2) is 55.9. The van der Waals surface area contributed by atoms with Crippen molar-refractivity contribution in [2.75, 3.05) is 45.9 Å². The number of hydrogen-bond acceptors (Lipinski definition) is 8. The summed E-state index contributed by atoms with van der Waals surface area (Å²) in [7, 11) is -3.68. The van der Waals surface area contributed by atoms with Gasteiger partial charge >= 0.3 is 10.4 Å². The molecule has 66 heavy (non-hydrogen) atoms. The first-order chi connectivity index (χ1) is 32.3. The fraction of sp³-hybridized carbons (Fsp3) is 0.945. The van der Waals surface area contributed by atoms with Crippen LogP contribution in [-0.2, 0) is 28.4 Å². The van der Waals surface area contributed by atoms with Gasteiger partial charge in [0.1, 0.15) is 0 Å². The topological polar surface area (TPSA) is 138 Å². The summed E-state index contributed by atoms with van der Waals surface area (Å²) in [5.74, 6) is 0.269. The Morgan fingerprint density at radius 3 is 0.879 bits per heavy atom. The van der Waals surface area contributed by atoms with E-state index in [1.165, 1.54) is 218 Å². The van der Waals surface area contributed by atoms with Gasteiger partial charge in [0.25, 0.3) is 0 Å². The molecule has 0 saturated heterocycles. The van der Waals surface area contributed by atoms with E-state index in [0.29, 0.717) is 52.0 Å². The quantitative estimate of drug-likeness (QED) is 0.0575. The molecule has 0 aliphatic rings. The summed E-state index contributed by atoms with van der Waals surface area (Å²) in [6.07, 6.45) is 53.3. The van der Waals surface area contributed by atoms with Crippen LogP contribution in [0.15, 0.2) is 0 Å². The Labute approximate surface area is 410 Å². The van der Waals surface area contributed by atoms with E-state index in [0.717, 1.165) is 25.7 Å². The Kier molecular flexibility index (Phi) is 56.1. The van der Waals surface area contributed by atoms with E-state index >= 15 is 0 Å². The maximum absolute atomic E-state index is 12.4. The summed E-state index contributed by atoms with van der Waals surface area (Å²) in [5, 5.41) is 15.2. The predicted octanol–water partition coefficient (Wildman–Crippen LogP) is 15.4. The standard InChI is InChI=1S/C51H100N4O2.C4H10O4S/c1-3-5-7-9-11-13-15-17-19-21-23-25-27-29-31-33-35-37-39-42-50(56)53-45-48-55(47-41-44-52)49-46-54-51(57)43-40-38-36-34-32-30-28-26-24-22-20-18-16-14-12-10-8-6-4-2;1-3-7-9(5,6)8-4-2/h3-43,45-49H2,1-2H3,(H,53,56)(H,54,57);3-4H2,1-2H3. The molecule has 2 N–H and O–H groups in total. The minimum absolute atomic E-state index is 0.113. The molecule has 10 nitrogen and oxygen atoms in total. The van der Waals surface area contributed by atoms with E-state index in [-0.39, 0.29) is 25.0 Å². The minimum Gasteiger partial charge on any atom is -0.355 e. The SMILES string of the molecule is CCCCCCCCCCCCCCCCCCCCCC(=O)NCCN(CCC#N)CCNC(=O)CCCCCCCCCCCCCCCCCCCCC.CCOS(=O)(=O)OCC. The lowest BCUT2D eigenvalue weighted by molar-refractivity contribution is -0.121. The van der Waals surface area contributed by atoms with Gasteiger partial charge in [-0.1, -0.05) is 245 Å². The Bertz CT molecular complexity index is 1080. The molecule has 0 bridgehead atoms. The van der Waals surface area contributed by atoms with Crippen molar-refractivity contribution in [1.29, 1.82) is 5.26 Å². The first-order valence-electron chi connectivity index (χ1n) is 28.4. The highest BCUT2D eigenvalue weighted by atomic mass is 32.3. The molecule has 0 aliphatic heterocycles. The van der Waals surface area contributed by atoms with Gasteiger partial charge in [-0.25, -0.2) is 8.37 Å². The molecule has 392 valence electrons. The van der Waals surface area contributed by atoms with Crippen LogP contribution in [0.25, 0.3) is 0 Å². The van der Waals surface area contributed by atoms with Gasteiger partial charge in [0.2, 0.25) is 11.8 Å². The number of rotatable bonds is 52. The van der Waals surface area contributed by atoms with E-state index in [2.05, 4.69) is 43.8 Å². The number of carbonyl (C=O) groups is 2. The molecule has 0 saturated carbocycles. The van der Waals surface area contributed by atoms with Crippen LogP contribution in [0.3, 0.4) is 0 Å². The van der Waals surface area contributed by atoms with E-state index in [9.17, 15) is 18.0 Å². The monoisotopic (exact) mass is 955 g/mol. The zero-order chi connectivity index (χ0) is 48.7. The van der Waals surface area contributed by atoms with Gasteiger partial charge in [-0.15, -0.1) is 0 Å². The van der Waals surface area contributed by atoms with E-state index in [1.807, 2.05) is 0 Å². The van der Waals surface area contributed by atoms with Gasteiger partial charge < -0.3 is 10.6 Å².